The number of likely N-dealkylation sites (N-methyl/N-ethyl adjacent to an activating group) is 1. The number of sulfone groups is 1. The van der Waals surface area contributed by atoms with Crippen LogP contribution in [0.25, 0.3) is 6.08 Å². The Hall–Kier alpha value is -1.37. The minimum absolute atomic E-state index is 0.0755. The van der Waals surface area contributed by atoms with Crippen LogP contribution in [0.3, 0.4) is 0 Å². The number of benzene rings is 1. The van der Waals surface area contributed by atoms with E-state index in [1.54, 1.807) is 12.1 Å². The molecule has 2 rings (SSSR count). The van der Waals surface area contributed by atoms with E-state index in [1.807, 2.05) is 32.3 Å². The molecule has 0 bridgehead atoms. The Morgan fingerprint density at radius 2 is 2.10 bits per heavy atom. The summed E-state index contributed by atoms with van der Waals surface area (Å²) in [5.74, 6) is 0. The third-order valence-corrected chi connectivity index (χ3v) is 4.26. The molecule has 5 nitrogen and oxygen atoms in total. The summed E-state index contributed by atoms with van der Waals surface area (Å²) in [5, 5.41) is 6.72. The monoisotopic (exact) mass is 295 g/mol. The van der Waals surface area contributed by atoms with E-state index in [0.717, 1.165) is 24.3 Å². The molecule has 0 saturated carbocycles. The molecule has 6 heteroatoms. The van der Waals surface area contributed by atoms with Crippen molar-refractivity contribution < 1.29 is 8.42 Å². The van der Waals surface area contributed by atoms with Crippen molar-refractivity contribution in [3.63, 3.8) is 0 Å². The lowest BCUT2D eigenvalue weighted by Gasteiger charge is -2.24. The van der Waals surface area contributed by atoms with E-state index in [4.69, 9.17) is 0 Å². The van der Waals surface area contributed by atoms with Gasteiger partial charge in [0.25, 0.3) is 0 Å². The fourth-order valence-electron chi connectivity index (χ4n) is 2.02. The molecule has 0 saturated heterocycles. The zero-order valence-electron chi connectivity index (χ0n) is 12.1. The predicted octanol–water partition coefficient (Wildman–Crippen LogP) is 1.01. The molecule has 1 aliphatic rings. The molecule has 0 aliphatic carbocycles. The van der Waals surface area contributed by atoms with E-state index in [0.29, 0.717) is 4.90 Å². The lowest BCUT2D eigenvalue weighted by molar-refractivity contribution is 0.396. The Kier molecular flexibility index (Phi) is 4.47. The maximum atomic E-state index is 11.5. The van der Waals surface area contributed by atoms with Crippen LogP contribution in [-0.4, -0.2) is 52.9 Å². The molecule has 0 amide bonds. The fourth-order valence-corrected chi connectivity index (χ4v) is 2.68. The van der Waals surface area contributed by atoms with Crippen LogP contribution in [0.15, 0.2) is 29.2 Å². The summed E-state index contributed by atoms with van der Waals surface area (Å²) in [4.78, 5) is 2.47. The van der Waals surface area contributed by atoms with Crippen LogP contribution in [0.4, 0.5) is 5.69 Å². The largest absolute Gasteiger partial charge is 0.366 e. The van der Waals surface area contributed by atoms with Crippen molar-refractivity contribution in [3.05, 3.63) is 29.8 Å². The maximum absolute atomic E-state index is 11.5. The highest BCUT2D eigenvalue weighted by molar-refractivity contribution is 7.90. The number of hydrogen-bond acceptors (Lipinski definition) is 5. The van der Waals surface area contributed by atoms with Gasteiger partial charge in [0.2, 0.25) is 0 Å². The molecular weight excluding hydrogens is 274 g/mol. The third kappa shape index (κ3) is 3.82. The first-order valence-corrected chi connectivity index (χ1v) is 8.42. The number of nitrogens with zero attached hydrogens (tertiary/aromatic N) is 1. The van der Waals surface area contributed by atoms with E-state index < -0.39 is 9.84 Å². The van der Waals surface area contributed by atoms with E-state index in [1.165, 1.54) is 6.26 Å². The SMILES string of the molecule is CN(C)CCNC1C=Cc2cc(S(C)(=O)=O)ccc2N1. The normalized spacial score (nSPS) is 17.9. The van der Waals surface area contributed by atoms with Gasteiger partial charge in [0.15, 0.2) is 9.84 Å². The second-order valence-electron chi connectivity index (χ2n) is 5.26. The van der Waals surface area contributed by atoms with Crippen molar-refractivity contribution in [1.29, 1.82) is 0 Å². The van der Waals surface area contributed by atoms with Gasteiger partial charge in [-0.1, -0.05) is 6.08 Å². The van der Waals surface area contributed by atoms with Gasteiger partial charge in [0.05, 0.1) is 11.1 Å². The van der Waals surface area contributed by atoms with E-state index >= 15 is 0 Å². The van der Waals surface area contributed by atoms with Crippen LogP contribution in [-0.2, 0) is 9.84 Å². The zero-order valence-corrected chi connectivity index (χ0v) is 12.9. The first-order valence-electron chi connectivity index (χ1n) is 6.53. The van der Waals surface area contributed by atoms with Gasteiger partial charge in [-0.25, -0.2) is 8.42 Å². The molecule has 20 heavy (non-hydrogen) atoms. The van der Waals surface area contributed by atoms with Crippen LogP contribution < -0.4 is 10.6 Å². The molecule has 110 valence electrons. The van der Waals surface area contributed by atoms with Crippen molar-refractivity contribution in [1.82, 2.24) is 10.2 Å². The number of anilines is 1. The first-order chi connectivity index (χ1) is 9.36. The molecule has 0 fully saturated rings. The molecule has 1 aromatic rings. The van der Waals surface area contributed by atoms with Gasteiger partial charge in [0, 0.05) is 25.0 Å². The summed E-state index contributed by atoms with van der Waals surface area (Å²) < 4.78 is 23.1. The van der Waals surface area contributed by atoms with E-state index in [-0.39, 0.29) is 6.17 Å². The summed E-state index contributed by atoms with van der Waals surface area (Å²) in [6.07, 6.45) is 5.25. The minimum Gasteiger partial charge on any atom is -0.366 e. The standard InChI is InChI=1S/C14H21N3O2S/c1-17(2)9-8-15-14-7-4-11-10-12(20(3,18)19)5-6-13(11)16-14/h4-7,10,14-16H,8-9H2,1-3H3. The average molecular weight is 295 g/mol. The average Bonchev–Trinajstić information content (AvgIpc) is 2.36. The van der Waals surface area contributed by atoms with Crippen LogP contribution in [0.2, 0.25) is 0 Å². The predicted molar refractivity (Wildman–Crippen MR) is 82.6 cm³/mol. The number of rotatable bonds is 5. The molecule has 1 heterocycles. The highest BCUT2D eigenvalue weighted by atomic mass is 32.2. The van der Waals surface area contributed by atoms with Gasteiger partial charge < -0.3 is 10.2 Å². The Balaban J connectivity index is 2.06. The highest BCUT2D eigenvalue weighted by Gasteiger charge is 2.15. The summed E-state index contributed by atoms with van der Waals surface area (Å²) >= 11 is 0. The van der Waals surface area contributed by atoms with Crippen molar-refractivity contribution >= 4 is 21.6 Å². The second-order valence-corrected chi connectivity index (χ2v) is 7.28. The fraction of sp³-hybridized carbons (Fsp3) is 0.429. The van der Waals surface area contributed by atoms with Crippen molar-refractivity contribution in [2.45, 2.75) is 11.1 Å². The number of hydrogen-bond donors (Lipinski definition) is 2. The number of fused-ring (bicyclic) bond motifs is 1. The van der Waals surface area contributed by atoms with Gasteiger partial charge >= 0.3 is 0 Å². The maximum Gasteiger partial charge on any atom is 0.175 e. The first kappa shape index (κ1) is 15.0. The smallest absolute Gasteiger partial charge is 0.175 e. The summed E-state index contributed by atoms with van der Waals surface area (Å²) in [6.45, 7) is 1.84. The van der Waals surface area contributed by atoms with Crippen LogP contribution >= 0.6 is 0 Å². The van der Waals surface area contributed by atoms with Crippen LogP contribution in [0.5, 0.6) is 0 Å². The van der Waals surface area contributed by atoms with E-state index in [9.17, 15) is 8.42 Å². The molecule has 0 radical (unpaired) electrons. The lowest BCUT2D eigenvalue weighted by Crippen LogP contribution is -2.39. The summed E-state index contributed by atoms with van der Waals surface area (Å²) in [5.41, 5.74) is 1.85. The van der Waals surface area contributed by atoms with Gasteiger partial charge in [-0.2, -0.15) is 0 Å². The summed E-state index contributed by atoms with van der Waals surface area (Å²) in [7, 11) is 0.915. The summed E-state index contributed by atoms with van der Waals surface area (Å²) in [6, 6.07) is 5.15. The van der Waals surface area contributed by atoms with Crippen LogP contribution in [0.1, 0.15) is 5.56 Å². The molecule has 0 aromatic heterocycles. The quantitative estimate of drug-likeness (QED) is 0.849. The Morgan fingerprint density at radius 1 is 1.35 bits per heavy atom. The van der Waals surface area contributed by atoms with Crippen LogP contribution in [0, 0.1) is 0 Å². The van der Waals surface area contributed by atoms with Gasteiger partial charge in [0.1, 0.15) is 0 Å². The Morgan fingerprint density at radius 3 is 2.75 bits per heavy atom. The molecule has 1 aromatic carbocycles. The molecule has 1 atom stereocenters. The van der Waals surface area contributed by atoms with Gasteiger partial charge in [-0.05, 0) is 43.9 Å². The third-order valence-electron chi connectivity index (χ3n) is 3.15. The van der Waals surface area contributed by atoms with Crippen molar-refractivity contribution in [2.24, 2.45) is 0 Å². The molecule has 1 unspecified atom stereocenters. The molecular formula is C14H21N3O2S. The van der Waals surface area contributed by atoms with Crippen molar-refractivity contribution in [3.8, 4) is 0 Å². The van der Waals surface area contributed by atoms with Gasteiger partial charge in [-0.15, -0.1) is 0 Å². The van der Waals surface area contributed by atoms with E-state index in [2.05, 4.69) is 15.5 Å². The Labute approximate surface area is 120 Å². The number of nitrogens with one attached hydrogen (secondary N) is 2. The lowest BCUT2D eigenvalue weighted by atomic mass is 10.1. The molecule has 2 N–H and O–H groups in total. The Bertz CT molecular complexity index is 609. The minimum atomic E-state index is -3.16. The van der Waals surface area contributed by atoms with Crippen molar-refractivity contribution in [2.75, 3.05) is 38.8 Å². The topological polar surface area (TPSA) is 61.4 Å². The molecule has 1 aliphatic heterocycles. The highest BCUT2D eigenvalue weighted by Crippen LogP contribution is 2.25. The second kappa shape index (κ2) is 5.95. The zero-order chi connectivity index (χ0) is 14.8. The van der Waals surface area contributed by atoms with Gasteiger partial charge in [-0.3, -0.25) is 5.32 Å². The molecule has 0 spiro atoms.